The molecule has 0 spiro atoms. The minimum absolute atomic E-state index is 0.135. The minimum atomic E-state index is -0.879. The molecule has 1 aliphatic carbocycles. The monoisotopic (exact) mass is 433 g/mol. The van der Waals surface area contributed by atoms with Crippen molar-refractivity contribution in [3.8, 4) is 11.1 Å². The predicted molar refractivity (Wildman–Crippen MR) is 122 cm³/mol. The molecule has 0 unspecified atom stereocenters. The van der Waals surface area contributed by atoms with Gasteiger partial charge in [-0.2, -0.15) is 10.2 Å². The Morgan fingerprint density at radius 1 is 1.03 bits per heavy atom. The Labute approximate surface area is 186 Å². The molecular weight excluding hydrogens is 405 g/mol. The van der Waals surface area contributed by atoms with Crippen molar-refractivity contribution in [3.05, 3.63) is 72.6 Å². The van der Waals surface area contributed by atoms with Gasteiger partial charge in [0.15, 0.2) is 0 Å². The summed E-state index contributed by atoms with van der Waals surface area (Å²) in [6.07, 6.45) is 10.6. The largest absolute Gasteiger partial charge is 0.308 e. The first kappa shape index (κ1) is 20.8. The van der Waals surface area contributed by atoms with Crippen LogP contribution in [0.3, 0.4) is 0 Å². The summed E-state index contributed by atoms with van der Waals surface area (Å²) in [5, 5.41) is 15.5. The first-order chi connectivity index (χ1) is 15.7. The number of alkyl halides is 1. The van der Waals surface area contributed by atoms with E-state index in [1.807, 2.05) is 54.5 Å². The molecule has 3 atom stereocenters. The van der Waals surface area contributed by atoms with Crippen LogP contribution in [0.5, 0.6) is 0 Å². The zero-order chi connectivity index (χ0) is 21.9. The third kappa shape index (κ3) is 4.56. The summed E-state index contributed by atoms with van der Waals surface area (Å²) in [6.45, 7) is 1.28. The summed E-state index contributed by atoms with van der Waals surface area (Å²) < 4.78 is 18.6. The number of aryl methyl sites for hydroxylation is 1. The number of nitrogens with zero attached hydrogens (tertiary/aromatic N) is 5. The maximum Gasteiger partial charge on any atom is 0.117 e. The highest BCUT2D eigenvalue weighted by atomic mass is 19.1. The average Bonchev–Trinajstić information content (AvgIpc) is 3.46. The van der Waals surface area contributed by atoms with Crippen LogP contribution in [0, 0.1) is 0 Å². The number of hydrogen-bond donors (Lipinski definition) is 2. The molecule has 0 bridgehead atoms. The number of nitrogens with one attached hydrogen (secondary N) is 2. The molecule has 0 aromatic carbocycles. The van der Waals surface area contributed by atoms with E-state index in [1.54, 1.807) is 10.9 Å². The van der Waals surface area contributed by atoms with Crippen LogP contribution in [-0.2, 0) is 20.1 Å². The van der Waals surface area contributed by atoms with Gasteiger partial charge < -0.3 is 10.6 Å². The van der Waals surface area contributed by atoms with Gasteiger partial charge in [0.1, 0.15) is 6.17 Å². The van der Waals surface area contributed by atoms with E-state index < -0.39 is 6.17 Å². The Kier molecular flexibility index (Phi) is 5.96. The lowest BCUT2D eigenvalue weighted by Gasteiger charge is -2.33. The van der Waals surface area contributed by atoms with Gasteiger partial charge in [0.05, 0.1) is 17.4 Å². The Hall–Kier alpha value is -3.10. The third-order valence-corrected chi connectivity index (χ3v) is 6.25. The molecule has 8 heteroatoms. The molecule has 0 saturated heterocycles. The van der Waals surface area contributed by atoms with E-state index in [4.69, 9.17) is 0 Å². The zero-order valence-corrected chi connectivity index (χ0v) is 18.2. The molecule has 2 N–H and O–H groups in total. The van der Waals surface area contributed by atoms with Crippen LogP contribution in [0.1, 0.15) is 30.5 Å². The smallest absolute Gasteiger partial charge is 0.117 e. The SMILES string of the molecule is Cn1cc(-c2cncc(CN[C@H]3CC[C@H](NCc4cccc5ccnn45)C[C@H]3F)c2)cn1. The summed E-state index contributed by atoms with van der Waals surface area (Å²) in [5.41, 5.74) is 5.26. The molecule has 1 saturated carbocycles. The van der Waals surface area contributed by atoms with Gasteiger partial charge in [-0.15, -0.1) is 0 Å². The first-order valence-electron chi connectivity index (χ1n) is 11.1. The van der Waals surface area contributed by atoms with Crippen molar-refractivity contribution in [1.29, 1.82) is 0 Å². The molecule has 4 heterocycles. The van der Waals surface area contributed by atoms with Crippen molar-refractivity contribution >= 4 is 5.52 Å². The molecule has 0 aliphatic heterocycles. The molecule has 1 fully saturated rings. The van der Waals surface area contributed by atoms with Gasteiger partial charge in [-0.3, -0.25) is 9.67 Å². The second-order valence-electron chi connectivity index (χ2n) is 8.56. The molecule has 1 aliphatic rings. The number of aromatic nitrogens is 5. The highest BCUT2D eigenvalue weighted by Crippen LogP contribution is 2.24. The number of hydrogen-bond acceptors (Lipinski definition) is 5. The fraction of sp³-hybridized carbons (Fsp3) is 0.375. The summed E-state index contributed by atoms with van der Waals surface area (Å²) in [7, 11) is 1.90. The number of pyridine rings is 2. The number of rotatable bonds is 7. The highest BCUT2D eigenvalue weighted by Gasteiger charge is 2.30. The topological polar surface area (TPSA) is 72.1 Å². The standard InChI is InChI=1S/C24H28FN7/c1-31-16-19(14-30-31)18-9-17(11-26-13-18)12-28-24-6-5-20(10-23(24)25)27-15-22-4-2-3-21-7-8-29-32(21)22/h2-4,7-9,11,13-14,16,20,23-24,27-28H,5-6,10,12,15H2,1H3/t20-,23+,24-/m0/s1. The van der Waals surface area contributed by atoms with Crippen LogP contribution in [0.25, 0.3) is 16.6 Å². The second-order valence-corrected chi connectivity index (χ2v) is 8.56. The quantitative estimate of drug-likeness (QED) is 0.468. The van der Waals surface area contributed by atoms with Crippen molar-refractivity contribution in [2.24, 2.45) is 7.05 Å². The van der Waals surface area contributed by atoms with E-state index >= 15 is 0 Å². The lowest BCUT2D eigenvalue weighted by molar-refractivity contribution is 0.160. The molecule has 32 heavy (non-hydrogen) atoms. The van der Waals surface area contributed by atoms with E-state index in [1.165, 1.54) is 0 Å². The molecule has 166 valence electrons. The van der Waals surface area contributed by atoms with Crippen LogP contribution in [-0.4, -0.2) is 42.6 Å². The number of fused-ring (bicyclic) bond motifs is 1. The molecule has 4 aromatic rings. The fourth-order valence-corrected chi connectivity index (χ4v) is 4.48. The minimum Gasteiger partial charge on any atom is -0.308 e. The van der Waals surface area contributed by atoms with Crippen molar-refractivity contribution in [2.45, 2.75) is 50.6 Å². The van der Waals surface area contributed by atoms with E-state index in [0.717, 1.165) is 40.7 Å². The summed E-state index contributed by atoms with van der Waals surface area (Å²) in [5.74, 6) is 0. The van der Waals surface area contributed by atoms with Gasteiger partial charge in [0.2, 0.25) is 0 Å². The second kappa shape index (κ2) is 9.18. The van der Waals surface area contributed by atoms with Crippen LogP contribution >= 0.6 is 0 Å². The van der Waals surface area contributed by atoms with E-state index in [9.17, 15) is 4.39 Å². The maximum absolute atomic E-state index is 14.9. The van der Waals surface area contributed by atoms with Crippen LogP contribution in [0.2, 0.25) is 0 Å². The summed E-state index contributed by atoms with van der Waals surface area (Å²) >= 11 is 0. The van der Waals surface area contributed by atoms with E-state index in [2.05, 4.69) is 37.9 Å². The predicted octanol–water partition coefficient (Wildman–Crippen LogP) is 3.27. The number of halogens is 1. The Morgan fingerprint density at radius 3 is 2.81 bits per heavy atom. The Bertz CT molecular complexity index is 1180. The van der Waals surface area contributed by atoms with Crippen molar-refractivity contribution < 1.29 is 4.39 Å². The molecular formula is C24H28FN7. The summed E-state index contributed by atoms with van der Waals surface area (Å²) in [4.78, 5) is 4.35. The van der Waals surface area contributed by atoms with Crippen molar-refractivity contribution in [2.75, 3.05) is 0 Å². The van der Waals surface area contributed by atoms with Gasteiger partial charge in [-0.25, -0.2) is 8.91 Å². The molecule has 4 aromatic heterocycles. The molecule has 5 rings (SSSR count). The zero-order valence-electron chi connectivity index (χ0n) is 18.2. The van der Waals surface area contributed by atoms with Gasteiger partial charge in [0, 0.05) is 68.1 Å². The third-order valence-electron chi connectivity index (χ3n) is 6.25. The van der Waals surface area contributed by atoms with Crippen molar-refractivity contribution in [3.63, 3.8) is 0 Å². The van der Waals surface area contributed by atoms with Gasteiger partial charge in [-0.1, -0.05) is 6.07 Å². The molecule has 0 amide bonds. The summed E-state index contributed by atoms with van der Waals surface area (Å²) in [6, 6.07) is 10.2. The Morgan fingerprint density at radius 2 is 1.97 bits per heavy atom. The lowest BCUT2D eigenvalue weighted by atomic mass is 9.89. The average molecular weight is 434 g/mol. The van der Waals surface area contributed by atoms with E-state index in [0.29, 0.717) is 19.5 Å². The van der Waals surface area contributed by atoms with Crippen molar-refractivity contribution in [1.82, 2.24) is 35.0 Å². The maximum atomic E-state index is 14.9. The normalized spacial score (nSPS) is 21.2. The van der Waals surface area contributed by atoms with Crippen LogP contribution in [0.15, 0.2) is 61.3 Å². The van der Waals surface area contributed by atoms with Gasteiger partial charge in [-0.05, 0) is 49.1 Å². The van der Waals surface area contributed by atoms with Crippen LogP contribution in [0.4, 0.5) is 4.39 Å². The van der Waals surface area contributed by atoms with Gasteiger partial charge in [0.25, 0.3) is 0 Å². The first-order valence-corrected chi connectivity index (χ1v) is 11.1. The molecule has 7 nitrogen and oxygen atoms in total. The van der Waals surface area contributed by atoms with Gasteiger partial charge >= 0.3 is 0 Å². The Balaban J connectivity index is 1.13. The molecule has 0 radical (unpaired) electrons. The fourth-order valence-electron chi connectivity index (χ4n) is 4.48. The van der Waals surface area contributed by atoms with E-state index in [-0.39, 0.29) is 12.1 Å². The lowest BCUT2D eigenvalue weighted by Crippen LogP contribution is -2.46. The highest BCUT2D eigenvalue weighted by molar-refractivity contribution is 5.61. The van der Waals surface area contributed by atoms with Crippen LogP contribution < -0.4 is 10.6 Å².